The summed E-state index contributed by atoms with van der Waals surface area (Å²) in [6.07, 6.45) is 6.70. The average Bonchev–Trinajstić information content (AvgIpc) is 2.66. The van der Waals surface area contributed by atoms with Crippen molar-refractivity contribution in [3.05, 3.63) is 54.6 Å². The third-order valence-electron chi connectivity index (χ3n) is 4.61. The first-order valence-corrected chi connectivity index (χ1v) is 10.9. The van der Waals surface area contributed by atoms with Gasteiger partial charge in [0.1, 0.15) is 16.6 Å². The third kappa shape index (κ3) is 6.15. The highest BCUT2D eigenvalue weighted by molar-refractivity contribution is 7.90. The molecule has 4 unspecified atom stereocenters. The molecule has 156 valence electrons. The Morgan fingerprint density at radius 1 is 1.25 bits per heavy atom. The number of hydrogen-bond acceptors (Lipinski definition) is 6. The fourth-order valence-electron chi connectivity index (χ4n) is 3.30. The maximum absolute atomic E-state index is 12.0. The van der Waals surface area contributed by atoms with Crippen molar-refractivity contribution >= 4 is 10.0 Å². The van der Waals surface area contributed by atoms with Gasteiger partial charge in [-0.1, -0.05) is 42.5 Å². The van der Waals surface area contributed by atoms with Gasteiger partial charge in [-0.15, -0.1) is 0 Å². The van der Waals surface area contributed by atoms with Gasteiger partial charge in [0.15, 0.2) is 0 Å². The van der Waals surface area contributed by atoms with Crippen molar-refractivity contribution in [3.63, 3.8) is 0 Å². The lowest BCUT2D eigenvalue weighted by Gasteiger charge is -2.38. The quantitative estimate of drug-likeness (QED) is 0.541. The lowest BCUT2D eigenvalue weighted by molar-refractivity contribution is -0.0750. The molecule has 0 saturated carbocycles. The van der Waals surface area contributed by atoms with Crippen molar-refractivity contribution < 1.29 is 22.6 Å². The molecule has 0 bridgehead atoms. The van der Waals surface area contributed by atoms with Gasteiger partial charge in [0.2, 0.25) is 16.3 Å². The van der Waals surface area contributed by atoms with E-state index in [-0.39, 0.29) is 6.04 Å². The van der Waals surface area contributed by atoms with Crippen LogP contribution in [0.25, 0.3) is 0 Å². The Morgan fingerprint density at radius 3 is 2.57 bits per heavy atom. The van der Waals surface area contributed by atoms with Crippen molar-refractivity contribution in [1.29, 1.82) is 0 Å². The van der Waals surface area contributed by atoms with Crippen molar-refractivity contribution in [2.45, 2.75) is 43.5 Å². The van der Waals surface area contributed by atoms with Crippen LogP contribution < -0.4 is 15.2 Å². The Balaban J connectivity index is 2.01. The van der Waals surface area contributed by atoms with Gasteiger partial charge >= 0.3 is 0 Å². The van der Waals surface area contributed by atoms with Crippen LogP contribution >= 0.6 is 0 Å². The number of allylic oxidation sites excluding steroid dienone is 2. The summed E-state index contributed by atoms with van der Waals surface area (Å²) in [5, 5.41) is 7.83. The molecule has 1 aliphatic carbocycles. The van der Waals surface area contributed by atoms with Crippen molar-refractivity contribution in [1.82, 2.24) is 5.32 Å². The largest absolute Gasteiger partial charge is 0.464 e. The second kappa shape index (κ2) is 10.2. The Bertz CT molecular complexity index is 766. The maximum atomic E-state index is 12.0. The predicted octanol–water partition coefficient (Wildman–Crippen LogP) is 1.96. The minimum Gasteiger partial charge on any atom is -0.464 e. The molecule has 1 aromatic rings. The number of nitrogens with one attached hydrogen (secondary N) is 1. The Morgan fingerprint density at radius 2 is 1.96 bits per heavy atom. The molecule has 0 aliphatic heterocycles. The van der Waals surface area contributed by atoms with Crippen LogP contribution in [0.15, 0.2) is 54.6 Å². The van der Waals surface area contributed by atoms with Gasteiger partial charge in [0.25, 0.3) is 0 Å². The number of nitrogens with two attached hydrogens (primary N) is 1. The molecular weight excluding hydrogens is 380 g/mol. The highest BCUT2D eigenvalue weighted by Gasteiger charge is 2.44. The molecule has 1 aromatic carbocycles. The topological polar surface area (TPSA) is 99.9 Å². The molecule has 0 saturated heterocycles. The van der Waals surface area contributed by atoms with E-state index in [0.29, 0.717) is 19.6 Å². The number of benzene rings is 1. The number of hydrogen-bond donors (Lipinski definition) is 2. The Labute approximate surface area is 167 Å². The van der Waals surface area contributed by atoms with E-state index in [2.05, 4.69) is 5.32 Å². The Hall–Kier alpha value is -1.71. The van der Waals surface area contributed by atoms with Crippen LogP contribution in [0.3, 0.4) is 0 Å². The first-order chi connectivity index (χ1) is 13.3. The van der Waals surface area contributed by atoms with Crippen molar-refractivity contribution in [2.75, 3.05) is 20.3 Å². The molecule has 1 aliphatic rings. The molecule has 7 nitrogen and oxygen atoms in total. The van der Waals surface area contributed by atoms with Gasteiger partial charge in [-0.3, -0.25) is 0 Å². The van der Waals surface area contributed by atoms with E-state index in [1.54, 1.807) is 24.3 Å². The summed E-state index contributed by atoms with van der Waals surface area (Å²) in [6, 6.07) is 9.36. The van der Waals surface area contributed by atoms with E-state index in [0.717, 1.165) is 5.75 Å². The summed E-state index contributed by atoms with van der Waals surface area (Å²) in [5.74, 6) is 0.721. The van der Waals surface area contributed by atoms with E-state index in [1.807, 2.05) is 44.2 Å². The van der Waals surface area contributed by atoms with Crippen LogP contribution in [0.2, 0.25) is 0 Å². The summed E-state index contributed by atoms with van der Waals surface area (Å²) in [4.78, 5) is 0. The van der Waals surface area contributed by atoms with E-state index >= 15 is 0 Å². The number of para-hydroxylation sites is 1. The van der Waals surface area contributed by atoms with Crippen LogP contribution in [0, 0.1) is 0 Å². The molecule has 0 radical (unpaired) electrons. The highest BCUT2D eigenvalue weighted by Crippen LogP contribution is 2.31. The SMILES string of the molecule is CCOC(CNC(C)CC1(OC)C=CC=CC1S(N)(=O)=O)Oc1ccccc1. The van der Waals surface area contributed by atoms with Crippen LogP contribution in [0.5, 0.6) is 5.75 Å². The zero-order chi connectivity index (χ0) is 20.6. The average molecular weight is 411 g/mol. The first-order valence-electron chi connectivity index (χ1n) is 9.30. The van der Waals surface area contributed by atoms with Gasteiger partial charge in [-0.2, -0.15) is 0 Å². The molecule has 3 N–H and O–H groups in total. The summed E-state index contributed by atoms with van der Waals surface area (Å²) in [5.41, 5.74) is -1.03. The van der Waals surface area contributed by atoms with E-state index in [4.69, 9.17) is 19.3 Å². The standard InChI is InChI=1S/C20H30N2O5S/c1-4-26-19(27-17-10-6-5-7-11-17)15-22-16(2)14-20(25-3)13-9-8-12-18(20)28(21,23)24/h5-13,16,18-19,22H,4,14-15H2,1-3H3,(H2,21,23,24). The van der Waals surface area contributed by atoms with Gasteiger partial charge in [0, 0.05) is 19.8 Å². The molecule has 4 atom stereocenters. The minimum atomic E-state index is -3.81. The first kappa shape index (κ1) is 22.6. The van der Waals surface area contributed by atoms with Crippen molar-refractivity contribution in [2.24, 2.45) is 5.14 Å². The molecule has 0 fully saturated rings. The number of sulfonamides is 1. The molecule has 0 heterocycles. The van der Waals surface area contributed by atoms with Gasteiger partial charge in [0.05, 0.1) is 6.54 Å². The summed E-state index contributed by atoms with van der Waals surface area (Å²) in [7, 11) is -2.32. The second-order valence-corrected chi connectivity index (χ2v) is 8.43. The number of methoxy groups -OCH3 is 1. The molecular formula is C20H30N2O5S. The third-order valence-corrected chi connectivity index (χ3v) is 5.88. The van der Waals surface area contributed by atoms with Crippen LogP contribution in [0.1, 0.15) is 20.3 Å². The normalized spacial score (nSPS) is 24.1. The molecule has 0 spiro atoms. The van der Waals surface area contributed by atoms with Gasteiger partial charge < -0.3 is 19.5 Å². The van der Waals surface area contributed by atoms with E-state index < -0.39 is 27.2 Å². The fraction of sp³-hybridized carbons (Fsp3) is 0.500. The number of rotatable bonds is 11. The smallest absolute Gasteiger partial charge is 0.218 e. The van der Waals surface area contributed by atoms with Gasteiger partial charge in [-0.05, 0) is 32.4 Å². The molecule has 28 heavy (non-hydrogen) atoms. The number of ether oxygens (including phenoxy) is 3. The molecule has 8 heteroatoms. The molecule has 0 amide bonds. The Kier molecular flexibility index (Phi) is 8.21. The maximum Gasteiger partial charge on any atom is 0.218 e. The molecule has 0 aromatic heterocycles. The molecule has 2 rings (SSSR count). The van der Waals surface area contributed by atoms with Crippen LogP contribution in [-0.4, -0.2) is 51.9 Å². The lowest BCUT2D eigenvalue weighted by atomic mass is 9.88. The summed E-state index contributed by atoms with van der Waals surface area (Å²) >= 11 is 0. The zero-order valence-corrected chi connectivity index (χ0v) is 17.4. The number of primary sulfonamides is 1. The highest BCUT2D eigenvalue weighted by atomic mass is 32.2. The van der Waals surface area contributed by atoms with Gasteiger partial charge in [-0.25, -0.2) is 13.6 Å². The monoisotopic (exact) mass is 410 g/mol. The second-order valence-electron chi connectivity index (χ2n) is 6.74. The fourth-order valence-corrected chi connectivity index (χ4v) is 4.44. The van der Waals surface area contributed by atoms with E-state index in [9.17, 15) is 8.42 Å². The van der Waals surface area contributed by atoms with Crippen LogP contribution in [-0.2, 0) is 19.5 Å². The zero-order valence-electron chi connectivity index (χ0n) is 16.6. The summed E-state index contributed by atoms with van der Waals surface area (Å²) in [6.45, 7) is 4.80. The predicted molar refractivity (Wildman–Crippen MR) is 109 cm³/mol. The summed E-state index contributed by atoms with van der Waals surface area (Å²) < 4.78 is 41.3. The lowest BCUT2D eigenvalue weighted by Crippen LogP contribution is -2.53. The van der Waals surface area contributed by atoms with E-state index in [1.165, 1.54) is 7.11 Å². The minimum absolute atomic E-state index is 0.0809. The van der Waals surface area contributed by atoms with Crippen LogP contribution in [0.4, 0.5) is 0 Å². The van der Waals surface area contributed by atoms with Crippen molar-refractivity contribution in [3.8, 4) is 5.75 Å².